The van der Waals surface area contributed by atoms with E-state index in [1.807, 2.05) is 6.92 Å². The van der Waals surface area contributed by atoms with E-state index in [0.29, 0.717) is 29.9 Å². The number of carboxylic acid groups (broad SMARTS) is 1. The van der Waals surface area contributed by atoms with Crippen LogP contribution in [0.5, 0.6) is 0 Å². The van der Waals surface area contributed by atoms with Crippen molar-refractivity contribution < 1.29 is 19.5 Å². The average molecular weight is 498 g/mol. The van der Waals surface area contributed by atoms with E-state index in [1.165, 1.54) is 31.9 Å². The van der Waals surface area contributed by atoms with Crippen molar-refractivity contribution in [3.05, 3.63) is 11.6 Å². The Labute approximate surface area is 217 Å². The number of carboxylic acids is 1. The van der Waals surface area contributed by atoms with Crippen molar-refractivity contribution in [2.24, 2.45) is 61.8 Å². The van der Waals surface area contributed by atoms with Crippen LogP contribution in [0.3, 0.4) is 0 Å². The normalized spacial score (nSPS) is 53.4. The average Bonchev–Trinajstić information content (AvgIpc) is 2.80. The Hall–Kier alpha value is -1.65. The van der Waals surface area contributed by atoms with Crippen molar-refractivity contribution in [3.63, 3.8) is 0 Å². The minimum atomic E-state index is -1.12. The van der Waals surface area contributed by atoms with Crippen LogP contribution in [0.1, 0.15) is 99.8 Å². The van der Waals surface area contributed by atoms with Gasteiger partial charge in [0.1, 0.15) is 12.5 Å². The van der Waals surface area contributed by atoms with Gasteiger partial charge in [0, 0.05) is 5.92 Å². The highest BCUT2D eigenvalue weighted by atomic mass is 16.6. The third-order valence-corrected chi connectivity index (χ3v) is 13.2. The molecule has 0 spiro atoms. The SMILES string of the molecule is CO/N=C1\CC[C@@]2(C)[C@@H](CC[C@]3(C)[C@@H]2C(=O)C=C2[C@@H]4[C@@H](C)[C@H](C)CC[C@]4(C)CC[C@]23C)[C@@]1(C)C(=O)O. The topological polar surface area (TPSA) is 76.0 Å². The van der Waals surface area contributed by atoms with Crippen LogP contribution >= 0.6 is 0 Å². The number of oxime groups is 1. The first-order chi connectivity index (χ1) is 16.7. The molecule has 5 aliphatic carbocycles. The Kier molecular flexibility index (Phi) is 5.72. The molecular formula is C31H47NO4. The molecule has 0 saturated heterocycles. The molecule has 0 radical (unpaired) electrons. The van der Waals surface area contributed by atoms with E-state index >= 15 is 0 Å². The predicted molar refractivity (Wildman–Crippen MR) is 141 cm³/mol. The van der Waals surface area contributed by atoms with Crippen LogP contribution in [-0.2, 0) is 14.4 Å². The summed E-state index contributed by atoms with van der Waals surface area (Å²) in [5, 5.41) is 14.7. The molecule has 200 valence electrons. The summed E-state index contributed by atoms with van der Waals surface area (Å²) in [6, 6.07) is 0. The van der Waals surface area contributed by atoms with Crippen molar-refractivity contribution in [1.29, 1.82) is 0 Å². The predicted octanol–water partition coefficient (Wildman–Crippen LogP) is 6.91. The van der Waals surface area contributed by atoms with Gasteiger partial charge in [-0.05, 0) is 110 Å². The third-order valence-electron chi connectivity index (χ3n) is 13.2. The lowest BCUT2D eigenvalue weighted by Crippen LogP contribution is -2.67. The van der Waals surface area contributed by atoms with Crippen molar-refractivity contribution in [2.75, 3.05) is 7.11 Å². The van der Waals surface area contributed by atoms with E-state index in [1.54, 1.807) is 0 Å². The van der Waals surface area contributed by atoms with Crippen LogP contribution < -0.4 is 0 Å². The Balaban J connectivity index is 1.65. The summed E-state index contributed by atoms with van der Waals surface area (Å²) in [6.07, 6.45) is 10.0. The lowest BCUT2D eigenvalue weighted by Gasteiger charge is -2.70. The number of fused-ring (bicyclic) bond motifs is 7. The molecule has 0 aromatic rings. The molecule has 5 nitrogen and oxygen atoms in total. The zero-order valence-corrected chi connectivity index (χ0v) is 23.7. The van der Waals surface area contributed by atoms with Gasteiger partial charge in [0.2, 0.25) is 0 Å². The van der Waals surface area contributed by atoms with Gasteiger partial charge in [0.05, 0.1) is 5.71 Å². The summed E-state index contributed by atoms with van der Waals surface area (Å²) >= 11 is 0. The van der Waals surface area contributed by atoms with Crippen molar-refractivity contribution >= 4 is 17.5 Å². The van der Waals surface area contributed by atoms with Crippen LogP contribution in [0.4, 0.5) is 0 Å². The molecule has 0 aliphatic heterocycles. The summed E-state index contributed by atoms with van der Waals surface area (Å²) in [4.78, 5) is 32.3. The van der Waals surface area contributed by atoms with E-state index in [-0.39, 0.29) is 39.3 Å². The minimum Gasteiger partial charge on any atom is -0.481 e. The second kappa shape index (κ2) is 7.93. The van der Waals surface area contributed by atoms with Gasteiger partial charge in [-0.25, -0.2) is 0 Å². The number of carbonyl (C=O) groups excluding carboxylic acids is 1. The van der Waals surface area contributed by atoms with Crippen molar-refractivity contribution in [1.82, 2.24) is 0 Å². The molecule has 0 heterocycles. The molecule has 36 heavy (non-hydrogen) atoms. The van der Waals surface area contributed by atoms with E-state index in [0.717, 1.165) is 25.7 Å². The number of ketones is 1. The van der Waals surface area contributed by atoms with Crippen molar-refractivity contribution in [3.8, 4) is 0 Å². The third kappa shape index (κ3) is 2.98. The fourth-order valence-electron chi connectivity index (χ4n) is 10.7. The lowest BCUT2D eigenvalue weighted by molar-refractivity contribution is -0.184. The Morgan fingerprint density at radius 2 is 1.72 bits per heavy atom. The molecule has 1 N–H and O–H groups in total. The molecule has 0 unspecified atom stereocenters. The van der Waals surface area contributed by atoms with Crippen LogP contribution in [0.2, 0.25) is 0 Å². The van der Waals surface area contributed by atoms with Gasteiger partial charge in [-0.3, -0.25) is 9.59 Å². The zero-order chi connectivity index (χ0) is 26.5. The monoisotopic (exact) mass is 497 g/mol. The first-order valence-corrected chi connectivity index (χ1v) is 14.3. The van der Waals surface area contributed by atoms with Gasteiger partial charge < -0.3 is 9.94 Å². The molecule has 0 aromatic heterocycles. The maximum Gasteiger partial charge on any atom is 0.315 e. The Morgan fingerprint density at radius 3 is 2.36 bits per heavy atom. The maximum absolute atomic E-state index is 14.4. The van der Waals surface area contributed by atoms with Gasteiger partial charge in [-0.2, -0.15) is 0 Å². The molecule has 5 rings (SSSR count). The molecule has 0 aromatic carbocycles. The number of aliphatic carboxylic acids is 1. The summed E-state index contributed by atoms with van der Waals surface area (Å²) < 4.78 is 0. The van der Waals surface area contributed by atoms with Gasteiger partial charge in [0.15, 0.2) is 5.78 Å². The molecule has 10 atom stereocenters. The molecule has 5 aliphatic rings. The molecule has 4 saturated carbocycles. The van der Waals surface area contributed by atoms with Gasteiger partial charge in [-0.15, -0.1) is 0 Å². The molecule has 4 fully saturated rings. The van der Waals surface area contributed by atoms with Crippen molar-refractivity contribution in [2.45, 2.75) is 99.8 Å². The maximum atomic E-state index is 14.4. The van der Waals surface area contributed by atoms with Gasteiger partial charge in [-0.1, -0.05) is 52.3 Å². The summed E-state index contributed by atoms with van der Waals surface area (Å²) in [5.74, 6) is 0.812. The summed E-state index contributed by atoms with van der Waals surface area (Å²) in [5.41, 5.74) is 0.619. The fourth-order valence-corrected chi connectivity index (χ4v) is 10.7. The highest BCUT2D eigenvalue weighted by molar-refractivity contribution is 6.07. The number of nitrogens with zero attached hydrogens (tertiary/aromatic N) is 1. The Morgan fingerprint density at radius 1 is 1.03 bits per heavy atom. The first-order valence-electron chi connectivity index (χ1n) is 14.3. The second-order valence-electron chi connectivity index (χ2n) is 14.5. The first kappa shape index (κ1) is 26.0. The van der Waals surface area contributed by atoms with E-state index in [9.17, 15) is 14.7 Å². The number of allylic oxidation sites excluding steroid dienone is 2. The smallest absolute Gasteiger partial charge is 0.315 e. The second-order valence-corrected chi connectivity index (χ2v) is 14.5. The number of rotatable bonds is 2. The molecule has 5 heteroatoms. The summed E-state index contributed by atoms with van der Waals surface area (Å²) in [7, 11) is 1.49. The standard InChI is InChI=1S/C31H47NO4/c1-18-9-12-27(3)15-16-29(5)20(24(27)19(18)2)17-21(33)25-28(4)13-11-23(32-36-8)31(7,26(34)35)22(28)10-14-30(25,29)6/h17-19,22,24-25H,9-16H2,1-8H3,(H,34,35)/b32-23+/t18-,19+,22-,24+,25-,27-,28+,29-,30-,31-/m1/s1. The molecule has 0 bridgehead atoms. The highest BCUT2D eigenvalue weighted by Crippen LogP contribution is 2.75. The molecular weight excluding hydrogens is 450 g/mol. The number of hydrogen-bond donors (Lipinski definition) is 1. The number of carbonyl (C=O) groups is 2. The zero-order valence-electron chi connectivity index (χ0n) is 23.7. The fraction of sp³-hybridized carbons (Fsp3) is 0.839. The lowest BCUT2D eigenvalue weighted by atomic mass is 9.33. The van der Waals surface area contributed by atoms with E-state index < -0.39 is 11.4 Å². The largest absolute Gasteiger partial charge is 0.481 e. The summed E-state index contributed by atoms with van der Waals surface area (Å²) in [6.45, 7) is 16.2. The van der Waals surface area contributed by atoms with Crippen LogP contribution in [0.15, 0.2) is 16.8 Å². The highest BCUT2D eigenvalue weighted by Gasteiger charge is 2.71. The van der Waals surface area contributed by atoms with Gasteiger partial charge in [0.25, 0.3) is 0 Å². The Bertz CT molecular complexity index is 1050. The van der Waals surface area contributed by atoms with E-state index in [2.05, 4.69) is 52.8 Å². The van der Waals surface area contributed by atoms with Crippen LogP contribution in [0.25, 0.3) is 0 Å². The number of hydrogen-bond acceptors (Lipinski definition) is 4. The quantitative estimate of drug-likeness (QED) is 0.421. The minimum absolute atomic E-state index is 0.0322. The van der Waals surface area contributed by atoms with Crippen LogP contribution in [-0.4, -0.2) is 29.7 Å². The van der Waals surface area contributed by atoms with E-state index in [4.69, 9.17) is 4.84 Å². The van der Waals surface area contributed by atoms with Gasteiger partial charge >= 0.3 is 5.97 Å². The molecule has 0 amide bonds. The van der Waals surface area contributed by atoms with Crippen LogP contribution in [0, 0.1) is 56.7 Å².